The fraction of sp³-hybridized carbons (Fsp3) is 0.533. The minimum atomic E-state index is 0.445. The van der Waals surface area contributed by atoms with E-state index in [9.17, 15) is 4.79 Å². The SMILES string of the molecule is CCC1CC(=O)CC[N+]1(C)Cc1ccccc1. The maximum atomic E-state index is 11.6. The average Bonchev–Trinajstić information content (AvgIpc) is 2.34. The average molecular weight is 232 g/mol. The molecule has 2 nitrogen and oxygen atoms in total. The summed E-state index contributed by atoms with van der Waals surface area (Å²) in [5.41, 5.74) is 1.38. The van der Waals surface area contributed by atoms with Gasteiger partial charge in [-0.3, -0.25) is 4.79 Å². The van der Waals surface area contributed by atoms with Gasteiger partial charge in [0, 0.05) is 5.56 Å². The van der Waals surface area contributed by atoms with Crippen LogP contribution in [0, 0.1) is 0 Å². The van der Waals surface area contributed by atoms with Gasteiger partial charge in [-0.1, -0.05) is 37.3 Å². The monoisotopic (exact) mass is 232 g/mol. The predicted octanol–water partition coefficient (Wildman–Crippen LogP) is 2.77. The molecule has 0 amide bonds. The number of rotatable bonds is 3. The number of carbonyl (C=O) groups is 1. The number of ketones is 1. The van der Waals surface area contributed by atoms with Gasteiger partial charge in [-0.05, 0) is 6.42 Å². The quantitative estimate of drug-likeness (QED) is 0.732. The minimum absolute atomic E-state index is 0.445. The van der Waals surface area contributed by atoms with Crippen molar-refractivity contribution in [2.75, 3.05) is 13.6 Å². The van der Waals surface area contributed by atoms with E-state index in [0.29, 0.717) is 11.8 Å². The van der Waals surface area contributed by atoms with Crippen molar-refractivity contribution in [3.8, 4) is 0 Å². The summed E-state index contributed by atoms with van der Waals surface area (Å²) in [7, 11) is 2.30. The Kier molecular flexibility index (Phi) is 3.63. The fourth-order valence-corrected chi connectivity index (χ4v) is 2.94. The van der Waals surface area contributed by atoms with Gasteiger partial charge in [0.05, 0.1) is 32.5 Å². The number of likely N-dealkylation sites (tertiary alicyclic amines) is 1. The van der Waals surface area contributed by atoms with E-state index in [1.807, 2.05) is 0 Å². The molecule has 2 unspecified atom stereocenters. The summed E-state index contributed by atoms with van der Waals surface area (Å²) in [5.74, 6) is 0.445. The maximum Gasteiger partial charge on any atom is 0.144 e. The third kappa shape index (κ3) is 2.75. The Hall–Kier alpha value is -1.15. The second-order valence-electron chi connectivity index (χ2n) is 5.40. The van der Waals surface area contributed by atoms with Crippen molar-refractivity contribution in [3.05, 3.63) is 35.9 Å². The number of carbonyl (C=O) groups excluding carboxylic acids is 1. The topological polar surface area (TPSA) is 17.1 Å². The zero-order chi connectivity index (χ0) is 12.3. The van der Waals surface area contributed by atoms with E-state index >= 15 is 0 Å². The molecule has 2 atom stereocenters. The molecule has 1 aromatic carbocycles. The molecule has 2 rings (SSSR count). The van der Waals surface area contributed by atoms with Crippen molar-refractivity contribution in [2.24, 2.45) is 0 Å². The Morgan fingerprint density at radius 3 is 2.65 bits per heavy atom. The summed E-state index contributed by atoms with van der Waals surface area (Å²) in [6, 6.07) is 11.1. The van der Waals surface area contributed by atoms with Gasteiger partial charge < -0.3 is 4.48 Å². The van der Waals surface area contributed by atoms with Gasteiger partial charge in [0.15, 0.2) is 0 Å². The van der Waals surface area contributed by atoms with Gasteiger partial charge in [-0.15, -0.1) is 0 Å². The van der Waals surface area contributed by atoms with Gasteiger partial charge in [0.1, 0.15) is 12.3 Å². The standard InChI is InChI=1S/C15H22NO/c1-3-14-11-15(17)9-10-16(14,2)12-13-7-5-4-6-8-13/h4-8,14H,3,9-12H2,1-2H3/q+1. The Morgan fingerprint density at radius 1 is 1.29 bits per heavy atom. The first kappa shape index (κ1) is 12.3. The van der Waals surface area contributed by atoms with Crippen LogP contribution in [0.3, 0.4) is 0 Å². The number of quaternary nitrogens is 1. The molecule has 1 aliphatic heterocycles. The zero-order valence-electron chi connectivity index (χ0n) is 10.9. The van der Waals surface area contributed by atoms with Gasteiger partial charge in [-0.25, -0.2) is 0 Å². The molecule has 1 saturated heterocycles. The molecule has 0 spiro atoms. The van der Waals surface area contributed by atoms with E-state index in [0.717, 1.165) is 36.8 Å². The van der Waals surface area contributed by atoms with E-state index in [2.05, 4.69) is 44.3 Å². The lowest BCUT2D eigenvalue weighted by Gasteiger charge is -2.44. The highest BCUT2D eigenvalue weighted by molar-refractivity contribution is 5.79. The molecule has 0 saturated carbocycles. The summed E-state index contributed by atoms with van der Waals surface area (Å²) >= 11 is 0. The first-order valence-corrected chi connectivity index (χ1v) is 6.54. The molecule has 2 heteroatoms. The summed E-state index contributed by atoms with van der Waals surface area (Å²) < 4.78 is 1.02. The van der Waals surface area contributed by atoms with E-state index < -0.39 is 0 Å². The molecule has 0 aliphatic carbocycles. The van der Waals surface area contributed by atoms with Gasteiger partial charge in [-0.2, -0.15) is 0 Å². The molecule has 92 valence electrons. The number of hydrogen-bond acceptors (Lipinski definition) is 1. The Balaban J connectivity index is 2.14. The number of benzene rings is 1. The fourth-order valence-electron chi connectivity index (χ4n) is 2.94. The minimum Gasteiger partial charge on any atom is -0.319 e. The lowest BCUT2D eigenvalue weighted by atomic mass is 9.95. The van der Waals surface area contributed by atoms with Gasteiger partial charge >= 0.3 is 0 Å². The number of hydrogen-bond donors (Lipinski definition) is 0. The normalized spacial score (nSPS) is 29.3. The molecule has 0 N–H and O–H groups in total. The molecule has 1 heterocycles. The number of Topliss-reactive ketones (excluding diaryl/α,β-unsaturated/α-hetero) is 1. The first-order chi connectivity index (χ1) is 8.14. The lowest BCUT2D eigenvalue weighted by Crippen LogP contribution is -2.56. The highest BCUT2D eigenvalue weighted by Crippen LogP contribution is 2.26. The van der Waals surface area contributed by atoms with Gasteiger partial charge in [0.2, 0.25) is 0 Å². The van der Waals surface area contributed by atoms with Crippen LogP contribution in [0.15, 0.2) is 30.3 Å². The highest BCUT2D eigenvalue weighted by atomic mass is 16.1. The van der Waals surface area contributed by atoms with Crippen molar-refractivity contribution >= 4 is 5.78 Å². The molecule has 1 fully saturated rings. The van der Waals surface area contributed by atoms with Crippen LogP contribution in [0.5, 0.6) is 0 Å². The lowest BCUT2D eigenvalue weighted by molar-refractivity contribution is -0.947. The zero-order valence-corrected chi connectivity index (χ0v) is 10.9. The van der Waals surface area contributed by atoms with Crippen molar-refractivity contribution in [1.29, 1.82) is 0 Å². The van der Waals surface area contributed by atoms with E-state index in [1.54, 1.807) is 0 Å². The molecule has 0 radical (unpaired) electrons. The summed E-state index contributed by atoms with van der Waals surface area (Å²) in [6.07, 6.45) is 2.61. The van der Waals surface area contributed by atoms with Crippen LogP contribution in [-0.2, 0) is 11.3 Å². The molecule has 0 aromatic heterocycles. The van der Waals surface area contributed by atoms with Crippen molar-refractivity contribution < 1.29 is 9.28 Å². The maximum absolute atomic E-state index is 11.6. The van der Waals surface area contributed by atoms with Crippen molar-refractivity contribution in [1.82, 2.24) is 0 Å². The van der Waals surface area contributed by atoms with Crippen LogP contribution in [-0.4, -0.2) is 29.9 Å². The van der Waals surface area contributed by atoms with Crippen LogP contribution in [0.4, 0.5) is 0 Å². The Morgan fingerprint density at radius 2 is 2.00 bits per heavy atom. The second kappa shape index (κ2) is 5.01. The first-order valence-electron chi connectivity index (χ1n) is 6.54. The van der Waals surface area contributed by atoms with Crippen LogP contribution >= 0.6 is 0 Å². The molecule has 0 bridgehead atoms. The molecule has 17 heavy (non-hydrogen) atoms. The van der Waals surface area contributed by atoms with E-state index in [-0.39, 0.29) is 0 Å². The molecular weight excluding hydrogens is 210 g/mol. The number of piperidine rings is 1. The van der Waals surface area contributed by atoms with E-state index in [4.69, 9.17) is 0 Å². The largest absolute Gasteiger partial charge is 0.319 e. The second-order valence-corrected chi connectivity index (χ2v) is 5.40. The third-order valence-corrected chi connectivity index (χ3v) is 4.10. The molecule has 1 aliphatic rings. The van der Waals surface area contributed by atoms with E-state index in [1.165, 1.54) is 5.56 Å². The third-order valence-electron chi connectivity index (χ3n) is 4.10. The summed E-state index contributed by atoms with van der Waals surface area (Å²) in [4.78, 5) is 11.6. The highest BCUT2D eigenvalue weighted by Gasteiger charge is 2.37. The Bertz CT molecular complexity index is 387. The summed E-state index contributed by atoms with van der Waals surface area (Å²) in [5, 5.41) is 0. The smallest absolute Gasteiger partial charge is 0.144 e. The van der Waals surface area contributed by atoms with Crippen molar-refractivity contribution in [2.45, 2.75) is 38.8 Å². The van der Waals surface area contributed by atoms with Crippen LogP contribution in [0.25, 0.3) is 0 Å². The predicted molar refractivity (Wildman–Crippen MR) is 69.5 cm³/mol. The van der Waals surface area contributed by atoms with Crippen LogP contribution in [0.1, 0.15) is 31.7 Å². The summed E-state index contributed by atoms with van der Waals surface area (Å²) in [6.45, 7) is 4.24. The number of nitrogens with zero attached hydrogens (tertiary/aromatic N) is 1. The molecule has 1 aromatic rings. The van der Waals surface area contributed by atoms with Crippen LogP contribution in [0.2, 0.25) is 0 Å². The Labute approximate surface area is 104 Å². The van der Waals surface area contributed by atoms with Crippen LogP contribution < -0.4 is 0 Å². The van der Waals surface area contributed by atoms with Crippen molar-refractivity contribution in [3.63, 3.8) is 0 Å². The molecular formula is C15H22NO+. The van der Waals surface area contributed by atoms with Gasteiger partial charge in [0.25, 0.3) is 0 Å².